The number of carbonyl (C=O) groups is 1. The van der Waals surface area contributed by atoms with Crippen LogP contribution in [-0.2, 0) is 4.74 Å². The average molecular weight is 264 g/mol. The van der Waals surface area contributed by atoms with Crippen molar-refractivity contribution in [2.45, 2.75) is 6.92 Å². The van der Waals surface area contributed by atoms with Crippen LogP contribution < -0.4 is 0 Å². The van der Waals surface area contributed by atoms with Crippen molar-refractivity contribution in [2.75, 3.05) is 6.61 Å². The van der Waals surface area contributed by atoms with Crippen LogP contribution in [0.4, 0.5) is 0 Å². The van der Waals surface area contributed by atoms with Crippen LogP contribution in [0.1, 0.15) is 23.0 Å². The van der Waals surface area contributed by atoms with E-state index in [-0.39, 0.29) is 5.97 Å². The Labute approximate surface area is 115 Å². The fourth-order valence-electron chi connectivity index (χ4n) is 2.40. The summed E-state index contributed by atoms with van der Waals surface area (Å²) in [5, 5.41) is 11.2. The Hall–Kier alpha value is -2.80. The van der Waals surface area contributed by atoms with Gasteiger partial charge in [-0.2, -0.15) is 5.26 Å². The van der Waals surface area contributed by atoms with E-state index < -0.39 is 0 Å². The maximum Gasteiger partial charge on any atom is 0.338 e. The molecule has 0 unspecified atom stereocenters. The maximum atomic E-state index is 11.8. The maximum absolute atomic E-state index is 11.8. The lowest BCUT2D eigenvalue weighted by Gasteiger charge is -2.03. The van der Waals surface area contributed by atoms with E-state index in [9.17, 15) is 10.1 Å². The number of hydrogen-bond acceptors (Lipinski definition) is 3. The van der Waals surface area contributed by atoms with Crippen molar-refractivity contribution in [3.63, 3.8) is 0 Å². The molecular weight excluding hydrogens is 252 g/mol. The molecule has 0 saturated carbocycles. The van der Waals surface area contributed by atoms with Gasteiger partial charge in [0.15, 0.2) is 0 Å². The van der Waals surface area contributed by atoms with E-state index in [1.807, 2.05) is 24.3 Å². The van der Waals surface area contributed by atoms with E-state index in [1.165, 1.54) is 0 Å². The Morgan fingerprint density at radius 1 is 1.30 bits per heavy atom. The first kappa shape index (κ1) is 12.2. The smallest absolute Gasteiger partial charge is 0.338 e. The molecule has 0 fully saturated rings. The van der Waals surface area contributed by atoms with E-state index in [1.54, 1.807) is 29.7 Å². The molecule has 4 heteroatoms. The number of ether oxygens (including phenoxy) is 1. The van der Waals surface area contributed by atoms with Crippen LogP contribution in [0, 0.1) is 11.3 Å². The van der Waals surface area contributed by atoms with Crippen LogP contribution in [0.25, 0.3) is 16.3 Å². The van der Waals surface area contributed by atoms with Gasteiger partial charge in [0.2, 0.25) is 0 Å². The lowest BCUT2D eigenvalue weighted by Crippen LogP contribution is -2.05. The minimum atomic E-state index is -0.348. The Kier molecular flexibility index (Phi) is 2.88. The summed E-state index contributed by atoms with van der Waals surface area (Å²) in [7, 11) is 0. The molecule has 1 aromatic carbocycles. The first-order chi connectivity index (χ1) is 9.76. The van der Waals surface area contributed by atoms with Crippen molar-refractivity contribution in [1.82, 2.24) is 4.40 Å². The lowest BCUT2D eigenvalue weighted by atomic mass is 10.1. The van der Waals surface area contributed by atoms with E-state index in [0.717, 1.165) is 16.3 Å². The number of pyridine rings is 1. The molecule has 2 heterocycles. The van der Waals surface area contributed by atoms with Gasteiger partial charge in [-0.05, 0) is 19.1 Å². The number of fused-ring (bicyclic) bond motifs is 3. The number of aromatic nitrogens is 1. The van der Waals surface area contributed by atoms with Crippen LogP contribution in [0.5, 0.6) is 0 Å². The highest BCUT2D eigenvalue weighted by Crippen LogP contribution is 2.27. The summed E-state index contributed by atoms with van der Waals surface area (Å²) in [6, 6.07) is 13.3. The monoisotopic (exact) mass is 264 g/mol. The largest absolute Gasteiger partial charge is 0.462 e. The van der Waals surface area contributed by atoms with Gasteiger partial charge in [-0.15, -0.1) is 0 Å². The predicted molar refractivity (Wildman–Crippen MR) is 75.6 cm³/mol. The minimum Gasteiger partial charge on any atom is -0.462 e. The molecule has 0 amide bonds. The molecule has 0 radical (unpaired) electrons. The summed E-state index contributed by atoms with van der Waals surface area (Å²) in [4.78, 5) is 11.8. The van der Waals surface area contributed by atoms with Gasteiger partial charge in [0, 0.05) is 17.0 Å². The van der Waals surface area contributed by atoms with E-state index in [4.69, 9.17) is 4.74 Å². The average Bonchev–Trinajstić information content (AvgIpc) is 2.80. The quantitative estimate of drug-likeness (QED) is 0.668. The third-order valence-corrected chi connectivity index (χ3v) is 3.27. The first-order valence-electron chi connectivity index (χ1n) is 6.36. The van der Waals surface area contributed by atoms with Crippen molar-refractivity contribution in [1.29, 1.82) is 5.26 Å². The van der Waals surface area contributed by atoms with E-state index >= 15 is 0 Å². The molecule has 0 spiro atoms. The molecule has 3 rings (SSSR count). The molecule has 0 saturated heterocycles. The molecule has 0 N–H and O–H groups in total. The van der Waals surface area contributed by atoms with Crippen LogP contribution >= 0.6 is 0 Å². The highest BCUT2D eigenvalue weighted by molar-refractivity contribution is 6.03. The zero-order valence-corrected chi connectivity index (χ0v) is 11.0. The second kappa shape index (κ2) is 4.71. The molecule has 20 heavy (non-hydrogen) atoms. The number of esters is 1. The zero-order valence-electron chi connectivity index (χ0n) is 11.0. The van der Waals surface area contributed by atoms with E-state index in [2.05, 4.69) is 6.07 Å². The predicted octanol–water partition coefficient (Wildman–Crippen LogP) is 3.14. The molecule has 4 nitrogen and oxygen atoms in total. The molecule has 98 valence electrons. The minimum absolute atomic E-state index is 0.342. The first-order valence-corrected chi connectivity index (χ1v) is 6.36. The van der Waals surface area contributed by atoms with Crippen LogP contribution in [-0.4, -0.2) is 17.0 Å². The summed E-state index contributed by atoms with van der Waals surface area (Å²) in [5.41, 5.74) is 1.90. The summed E-state index contributed by atoms with van der Waals surface area (Å²) < 4.78 is 6.81. The Balaban J connectivity index is 2.32. The molecule has 0 aliphatic carbocycles. The summed E-state index contributed by atoms with van der Waals surface area (Å²) >= 11 is 0. The van der Waals surface area contributed by atoms with Crippen molar-refractivity contribution >= 4 is 22.3 Å². The third-order valence-electron chi connectivity index (χ3n) is 3.27. The highest BCUT2D eigenvalue weighted by Gasteiger charge is 2.13. The summed E-state index contributed by atoms with van der Waals surface area (Å²) in [5.74, 6) is -0.348. The number of hydrogen-bond donors (Lipinski definition) is 0. The van der Waals surface area contributed by atoms with Crippen LogP contribution in [0.2, 0.25) is 0 Å². The van der Waals surface area contributed by atoms with Gasteiger partial charge in [-0.3, -0.25) is 0 Å². The van der Waals surface area contributed by atoms with Gasteiger partial charge >= 0.3 is 5.97 Å². The second-order valence-corrected chi connectivity index (χ2v) is 4.40. The summed E-state index contributed by atoms with van der Waals surface area (Å²) in [6.45, 7) is 2.12. The highest BCUT2D eigenvalue weighted by atomic mass is 16.5. The zero-order chi connectivity index (χ0) is 14.1. The van der Waals surface area contributed by atoms with Crippen molar-refractivity contribution in [3.05, 3.63) is 53.9 Å². The fraction of sp³-hybridized carbons (Fsp3) is 0.125. The number of nitrogens with zero attached hydrogens (tertiary/aromatic N) is 2. The van der Waals surface area contributed by atoms with Crippen molar-refractivity contribution < 1.29 is 9.53 Å². The van der Waals surface area contributed by atoms with Crippen molar-refractivity contribution in [2.24, 2.45) is 0 Å². The molecule has 0 aliphatic rings. The summed E-state index contributed by atoms with van der Waals surface area (Å²) in [6.07, 6.45) is 1.74. The van der Waals surface area contributed by atoms with Gasteiger partial charge in [0.05, 0.1) is 17.7 Å². The van der Waals surface area contributed by atoms with Crippen LogP contribution in [0.15, 0.2) is 42.6 Å². The van der Waals surface area contributed by atoms with Crippen molar-refractivity contribution in [3.8, 4) is 6.07 Å². The third kappa shape index (κ3) is 1.72. The lowest BCUT2D eigenvalue weighted by molar-refractivity contribution is 0.0526. The molecule has 2 aromatic heterocycles. The van der Waals surface area contributed by atoms with Gasteiger partial charge < -0.3 is 9.14 Å². The Morgan fingerprint density at radius 2 is 2.05 bits per heavy atom. The van der Waals surface area contributed by atoms with E-state index in [0.29, 0.717) is 17.9 Å². The molecule has 0 atom stereocenters. The molecular formula is C16H12N2O2. The topological polar surface area (TPSA) is 54.5 Å². The standard InChI is InChI=1S/C16H12N2O2/c1-2-20-16(19)11-7-8-18-14(9-11)12-5-3-4-6-13(12)15(18)10-17/h3-9H,2H2,1H3. The van der Waals surface area contributed by atoms with Crippen LogP contribution in [0.3, 0.4) is 0 Å². The van der Waals surface area contributed by atoms with Gasteiger partial charge in [-0.1, -0.05) is 24.3 Å². The van der Waals surface area contributed by atoms with Gasteiger partial charge in [0.25, 0.3) is 0 Å². The van der Waals surface area contributed by atoms with Gasteiger partial charge in [0.1, 0.15) is 11.8 Å². The Bertz CT molecular complexity index is 856. The number of carbonyl (C=O) groups excluding carboxylic acids is 1. The number of benzene rings is 1. The molecule has 3 aromatic rings. The number of nitriles is 1. The van der Waals surface area contributed by atoms with Gasteiger partial charge in [-0.25, -0.2) is 4.79 Å². The fourth-order valence-corrected chi connectivity index (χ4v) is 2.40. The Morgan fingerprint density at radius 3 is 2.75 bits per heavy atom. The molecule has 0 aliphatic heterocycles. The normalized spacial score (nSPS) is 10.6. The molecule has 0 bridgehead atoms. The SMILES string of the molecule is CCOC(=O)c1ccn2c(C#N)c3ccccc3c2c1. The second-order valence-electron chi connectivity index (χ2n) is 4.40. The number of rotatable bonds is 2.